The Morgan fingerprint density at radius 3 is 2.92 bits per heavy atom. The second-order valence-corrected chi connectivity index (χ2v) is 6.47. The van der Waals surface area contributed by atoms with Crippen molar-refractivity contribution in [2.45, 2.75) is 31.2 Å². The molecule has 3 rings (SSSR count). The van der Waals surface area contributed by atoms with Crippen molar-refractivity contribution in [1.82, 2.24) is 4.90 Å². The van der Waals surface area contributed by atoms with Crippen LogP contribution in [-0.2, 0) is 14.2 Å². The molecule has 2 fully saturated rings. The molecule has 1 N–H and O–H groups in total. The molecule has 0 aliphatic carbocycles. The van der Waals surface area contributed by atoms with Gasteiger partial charge in [-0.15, -0.1) is 0 Å². The number of hydrogen-bond donors (Lipinski definition) is 1. The summed E-state index contributed by atoms with van der Waals surface area (Å²) in [6, 6.07) is 6.52. The van der Waals surface area contributed by atoms with Crippen molar-refractivity contribution >= 4 is 0 Å². The van der Waals surface area contributed by atoms with Crippen LogP contribution in [-0.4, -0.2) is 68.3 Å². The van der Waals surface area contributed by atoms with Crippen LogP contribution < -0.4 is 0 Å². The lowest BCUT2D eigenvalue weighted by molar-refractivity contribution is -0.0781. The van der Waals surface area contributed by atoms with Gasteiger partial charge < -0.3 is 19.3 Å². The molecule has 0 radical (unpaired) electrons. The molecule has 2 heterocycles. The lowest BCUT2D eigenvalue weighted by atomic mass is 10.1. The van der Waals surface area contributed by atoms with Crippen molar-refractivity contribution in [2.75, 3.05) is 46.1 Å². The van der Waals surface area contributed by atoms with Gasteiger partial charge in [-0.25, -0.2) is 4.39 Å². The zero-order chi connectivity index (χ0) is 16.8. The summed E-state index contributed by atoms with van der Waals surface area (Å²) in [5.74, 6) is -0.252. The number of hydrogen-bond acceptors (Lipinski definition) is 5. The van der Waals surface area contributed by atoms with Crippen LogP contribution >= 0.6 is 0 Å². The molecule has 0 amide bonds. The van der Waals surface area contributed by atoms with E-state index in [1.54, 1.807) is 6.07 Å². The normalized spacial score (nSPS) is 24.8. The summed E-state index contributed by atoms with van der Waals surface area (Å²) in [6.07, 6.45) is 1.30. The van der Waals surface area contributed by atoms with Crippen LogP contribution in [0.15, 0.2) is 24.3 Å². The summed E-state index contributed by atoms with van der Waals surface area (Å²) in [4.78, 5) is 2.15. The first-order chi connectivity index (χ1) is 11.7. The zero-order valence-electron chi connectivity index (χ0n) is 13.9. The Balaban J connectivity index is 1.44. The van der Waals surface area contributed by atoms with E-state index in [0.717, 1.165) is 38.2 Å². The molecule has 24 heavy (non-hydrogen) atoms. The fraction of sp³-hybridized carbons (Fsp3) is 0.667. The van der Waals surface area contributed by atoms with Crippen molar-refractivity contribution in [3.05, 3.63) is 35.6 Å². The summed E-state index contributed by atoms with van der Waals surface area (Å²) in [7, 11) is 0. The summed E-state index contributed by atoms with van der Waals surface area (Å²) >= 11 is 0. The maximum atomic E-state index is 13.4. The van der Waals surface area contributed by atoms with Crippen LogP contribution in [0.2, 0.25) is 0 Å². The van der Waals surface area contributed by atoms with E-state index < -0.39 is 6.10 Å². The first-order valence-corrected chi connectivity index (χ1v) is 8.67. The van der Waals surface area contributed by atoms with Gasteiger partial charge in [0.1, 0.15) is 5.82 Å². The van der Waals surface area contributed by atoms with E-state index >= 15 is 0 Å². The minimum atomic E-state index is -0.529. The van der Waals surface area contributed by atoms with Gasteiger partial charge in [0.2, 0.25) is 0 Å². The number of rotatable bonds is 6. The third-order valence-electron chi connectivity index (χ3n) is 4.53. The molecular weight excluding hydrogens is 313 g/mol. The third-order valence-corrected chi connectivity index (χ3v) is 4.53. The molecule has 5 nitrogen and oxygen atoms in total. The smallest absolute Gasteiger partial charge is 0.123 e. The van der Waals surface area contributed by atoms with Crippen molar-refractivity contribution in [3.63, 3.8) is 0 Å². The van der Waals surface area contributed by atoms with E-state index in [9.17, 15) is 9.50 Å². The Hall–Kier alpha value is -1.05. The third kappa shape index (κ3) is 5.22. The van der Waals surface area contributed by atoms with Crippen LogP contribution in [0.25, 0.3) is 0 Å². The highest BCUT2D eigenvalue weighted by Crippen LogP contribution is 2.23. The summed E-state index contributed by atoms with van der Waals surface area (Å²) < 4.78 is 30.2. The van der Waals surface area contributed by atoms with E-state index in [1.807, 2.05) is 6.07 Å². The van der Waals surface area contributed by atoms with Crippen LogP contribution in [0.4, 0.5) is 4.39 Å². The van der Waals surface area contributed by atoms with E-state index in [1.165, 1.54) is 12.1 Å². The number of ether oxygens (including phenoxy) is 3. The highest BCUT2D eigenvalue weighted by Gasteiger charge is 2.24. The first kappa shape index (κ1) is 17.8. The van der Waals surface area contributed by atoms with Gasteiger partial charge in [0.05, 0.1) is 31.5 Å². The van der Waals surface area contributed by atoms with Crippen molar-refractivity contribution < 1.29 is 23.7 Å². The molecule has 0 aromatic heterocycles. The average molecular weight is 339 g/mol. The Morgan fingerprint density at radius 1 is 1.29 bits per heavy atom. The molecule has 2 aliphatic heterocycles. The highest BCUT2D eigenvalue weighted by atomic mass is 19.1. The zero-order valence-corrected chi connectivity index (χ0v) is 13.9. The molecule has 1 aromatic rings. The molecule has 6 heteroatoms. The molecule has 1 aromatic carbocycles. The monoisotopic (exact) mass is 339 g/mol. The van der Waals surface area contributed by atoms with Crippen LogP contribution in [0.5, 0.6) is 0 Å². The van der Waals surface area contributed by atoms with Crippen molar-refractivity contribution in [1.29, 1.82) is 0 Å². The second-order valence-electron chi connectivity index (χ2n) is 6.47. The molecule has 0 bridgehead atoms. The van der Waals surface area contributed by atoms with Gasteiger partial charge in [0, 0.05) is 32.8 Å². The lowest BCUT2D eigenvalue weighted by Gasteiger charge is -2.34. The topological polar surface area (TPSA) is 51.2 Å². The fourth-order valence-corrected chi connectivity index (χ4v) is 3.22. The molecule has 2 atom stereocenters. The van der Waals surface area contributed by atoms with Gasteiger partial charge in [0.15, 0.2) is 0 Å². The summed E-state index contributed by atoms with van der Waals surface area (Å²) in [5.41, 5.74) is 0.840. The number of aliphatic hydroxyl groups is 1. The molecule has 134 valence electrons. The van der Waals surface area contributed by atoms with E-state index in [-0.39, 0.29) is 18.0 Å². The van der Waals surface area contributed by atoms with Gasteiger partial charge in [-0.2, -0.15) is 0 Å². The van der Waals surface area contributed by atoms with Crippen molar-refractivity contribution in [2.24, 2.45) is 0 Å². The second kappa shape index (κ2) is 8.87. The predicted molar refractivity (Wildman–Crippen MR) is 87.3 cm³/mol. The number of halogens is 1. The van der Waals surface area contributed by atoms with E-state index in [2.05, 4.69) is 4.90 Å². The number of morpholine rings is 1. The Kier molecular flexibility index (Phi) is 6.57. The Morgan fingerprint density at radius 2 is 2.12 bits per heavy atom. The molecule has 0 spiro atoms. The summed E-state index contributed by atoms with van der Waals surface area (Å²) in [6.45, 7) is 4.34. The van der Waals surface area contributed by atoms with Gasteiger partial charge in [0.25, 0.3) is 0 Å². The van der Waals surface area contributed by atoms with Crippen molar-refractivity contribution in [3.8, 4) is 0 Å². The number of nitrogens with zero attached hydrogens (tertiary/aromatic N) is 1. The SMILES string of the molecule is OC(COC1CCOCC1)CN1CCOC(c2cccc(F)c2)C1. The Bertz CT molecular complexity index is 510. The summed E-state index contributed by atoms with van der Waals surface area (Å²) in [5, 5.41) is 10.2. The van der Waals surface area contributed by atoms with E-state index in [4.69, 9.17) is 14.2 Å². The molecule has 2 saturated heterocycles. The lowest BCUT2D eigenvalue weighted by Crippen LogP contribution is -2.43. The van der Waals surface area contributed by atoms with Gasteiger partial charge in [-0.05, 0) is 30.5 Å². The standard InChI is InChI=1S/C18H26FNO4/c19-15-3-1-2-14(10-15)18-12-20(6-9-23-18)11-16(21)13-24-17-4-7-22-8-5-17/h1-3,10,16-18,21H,4-9,11-13H2. The van der Waals surface area contributed by atoms with Gasteiger partial charge >= 0.3 is 0 Å². The predicted octanol–water partition coefficient (Wildman–Crippen LogP) is 1.76. The van der Waals surface area contributed by atoms with Crippen LogP contribution in [0, 0.1) is 5.82 Å². The minimum absolute atomic E-state index is 0.155. The maximum absolute atomic E-state index is 13.4. The fourth-order valence-electron chi connectivity index (χ4n) is 3.22. The highest BCUT2D eigenvalue weighted by molar-refractivity contribution is 5.19. The maximum Gasteiger partial charge on any atom is 0.123 e. The largest absolute Gasteiger partial charge is 0.389 e. The number of aliphatic hydroxyl groups excluding tert-OH is 1. The van der Waals surface area contributed by atoms with Crippen LogP contribution in [0.3, 0.4) is 0 Å². The quantitative estimate of drug-likeness (QED) is 0.856. The molecular formula is C18H26FNO4. The number of β-amino-alcohol motifs (C(OH)–C–C–N with tert-alkyl or cyclic N) is 1. The molecule has 2 aliphatic rings. The Labute approximate surface area is 142 Å². The molecule has 0 saturated carbocycles. The minimum Gasteiger partial charge on any atom is -0.389 e. The molecule has 2 unspecified atom stereocenters. The van der Waals surface area contributed by atoms with Gasteiger partial charge in [-0.1, -0.05) is 12.1 Å². The van der Waals surface area contributed by atoms with Gasteiger partial charge in [-0.3, -0.25) is 4.90 Å². The number of benzene rings is 1. The van der Waals surface area contributed by atoms with Crippen LogP contribution in [0.1, 0.15) is 24.5 Å². The first-order valence-electron chi connectivity index (χ1n) is 8.67. The van der Waals surface area contributed by atoms with E-state index in [0.29, 0.717) is 26.3 Å². The average Bonchev–Trinajstić information content (AvgIpc) is 2.61.